The first-order valence-corrected chi connectivity index (χ1v) is 10.3. The van der Waals surface area contributed by atoms with E-state index in [4.69, 9.17) is 4.74 Å². The summed E-state index contributed by atoms with van der Waals surface area (Å²) < 4.78 is 19.5. The predicted octanol–water partition coefficient (Wildman–Crippen LogP) is 3.67. The van der Waals surface area contributed by atoms with E-state index < -0.39 is 0 Å². The molecule has 6 heteroatoms. The minimum atomic E-state index is -0.331. The van der Waals surface area contributed by atoms with Crippen molar-refractivity contribution in [3.05, 3.63) is 58.0 Å². The number of ether oxygens (including phenoxy) is 1. The highest BCUT2D eigenvalue weighted by Gasteiger charge is 2.50. The second-order valence-electron chi connectivity index (χ2n) is 7.71. The van der Waals surface area contributed by atoms with E-state index in [2.05, 4.69) is 0 Å². The lowest BCUT2D eigenvalue weighted by atomic mass is 9.77. The zero-order chi connectivity index (χ0) is 18.9. The maximum absolute atomic E-state index is 13.3. The van der Waals surface area contributed by atoms with E-state index in [-0.39, 0.29) is 30.1 Å². The number of fused-ring (bicyclic) bond motifs is 3. The average Bonchev–Trinajstić information content (AvgIpc) is 3.22. The van der Waals surface area contributed by atoms with Gasteiger partial charge in [-0.15, -0.1) is 11.3 Å². The molecule has 0 spiro atoms. The number of hydrogen-bond donors (Lipinski definition) is 0. The summed E-state index contributed by atoms with van der Waals surface area (Å²) in [4.78, 5) is 26.1. The molecule has 0 amide bonds. The number of piperidine rings is 3. The SMILES string of the molecule is O=C(C[N+]12CCC(CC1)C(C(=O)OCc1cccc(F)c1)C2)c1cccs1. The molecular weight excluding hydrogens is 365 g/mol. The first-order chi connectivity index (χ1) is 13.0. The van der Waals surface area contributed by atoms with Gasteiger partial charge in [0, 0.05) is 12.8 Å². The maximum atomic E-state index is 13.3. The van der Waals surface area contributed by atoms with E-state index in [1.807, 2.05) is 17.5 Å². The summed E-state index contributed by atoms with van der Waals surface area (Å²) in [7, 11) is 0. The molecule has 2 bridgehead atoms. The van der Waals surface area contributed by atoms with Crippen molar-refractivity contribution < 1.29 is 23.2 Å². The van der Waals surface area contributed by atoms with Gasteiger partial charge in [-0.3, -0.25) is 9.59 Å². The van der Waals surface area contributed by atoms with Crippen molar-refractivity contribution in [3.8, 4) is 0 Å². The summed E-state index contributed by atoms with van der Waals surface area (Å²) in [6, 6.07) is 9.89. The van der Waals surface area contributed by atoms with Crippen molar-refractivity contribution >= 4 is 23.1 Å². The van der Waals surface area contributed by atoms with Crippen LogP contribution in [0.4, 0.5) is 4.39 Å². The van der Waals surface area contributed by atoms with Crippen LogP contribution in [0, 0.1) is 17.7 Å². The molecule has 4 nitrogen and oxygen atoms in total. The Labute approximate surface area is 162 Å². The van der Waals surface area contributed by atoms with E-state index in [1.54, 1.807) is 12.1 Å². The van der Waals surface area contributed by atoms with Gasteiger partial charge in [0.2, 0.25) is 5.78 Å². The summed E-state index contributed by atoms with van der Waals surface area (Å²) in [5, 5.41) is 1.92. The van der Waals surface area contributed by atoms with Gasteiger partial charge in [0.25, 0.3) is 0 Å². The summed E-state index contributed by atoms with van der Waals surface area (Å²) >= 11 is 1.47. The van der Waals surface area contributed by atoms with Crippen LogP contribution in [0.25, 0.3) is 0 Å². The van der Waals surface area contributed by atoms with Crippen LogP contribution in [-0.4, -0.2) is 42.4 Å². The molecule has 2 aromatic rings. The largest absolute Gasteiger partial charge is 0.460 e. The van der Waals surface area contributed by atoms with E-state index in [1.165, 1.54) is 23.5 Å². The van der Waals surface area contributed by atoms with Gasteiger partial charge in [0.15, 0.2) is 0 Å². The number of Topliss-reactive ketones (excluding diaryl/α,β-unsaturated/α-hetero) is 1. The van der Waals surface area contributed by atoms with Gasteiger partial charge in [-0.1, -0.05) is 18.2 Å². The molecule has 3 aliphatic heterocycles. The molecule has 0 aliphatic carbocycles. The molecule has 0 saturated carbocycles. The number of carbonyl (C=O) groups is 2. The minimum absolute atomic E-state index is 0.0912. The standard InChI is InChI=1S/C21H23FNO3S/c22-17-4-1-3-15(11-17)14-26-21(25)18-12-23(8-6-16(18)7-9-23)13-19(24)20-5-2-10-27-20/h1-5,10-11,16,18H,6-9,12-14H2/q+1. The van der Waals surface area contributed by atoms with Gasteiger partial charge >= 0.3 is 5.97 Å². The summed E-state index contributed by atoms with van der Waals surface area (Å²) in [5.41, 5.74) is 0.654. The lowest BCUT2D eigenvalue weighted by Crippen LogP contribution is -2.64. The zero-order valence-electron chi connectivity index (χ0n) is 15.1. The molecule has 1 aromatic carbocycles. The van der Waals surface area contributed by atoms with E-state index in [9.17, 15) is 14.0 Å². The highest BCUT2D eigenvalue weighted by Crippen LogP contribution is 2.38. The number of ketones is 1. The molecule has 27 heavy (non-hydrogen) atoms. The number of quaternary nitrogens is 1. The van der Waals surface area contributed by atoms with Crippen LogP contribution in [0.1, 0.15) is 28.1 Å². The lowest BCUT2D eigenvalue weighted by Gasteiger charge is -2.51. The third kappa shape index (κ3) is 3.96. The Bertz CT molecular complexity index is 828. The van der Waals surface area contributed by atoms with Crippen LogP contribution in [0.3, 0.4) is 0 Å². The predicted molar refractivity (Wildman–Crippen MR) is 101 cm³/mol. The number of nitrogens with zero attached hydrogens (tertiary/aromatic N) is 1. The number of thiophene rings is 1. The number of benzene rings is 1. The van der Waals surface area contributed by atoms with Crippen molar-refractivity contribution in [2.24, 2.45) is 11.8 Å². The Morgan fingerprint density at radius 3 is 2.70 bits per heavy atom. The van der Waals surface area contributed by atoms with Crippen molar-refractivity contribution in [1.82, 2.24) is 0 Å². The van der Waals surface area contributed by atoms with Crippen LogP contribution in [-0.2, 0) is 16.1 Å². The van der Waals surface area contributed by atoms with Gasteiger partial charge in [-0.2, -0.15) is 0 Å². The van der Waals surface area contributed by atoms with Crippen LogP contribution in [0.15, 0.2) is 41.8 Å². The third-order valence-electron chi connectivity index (χ3n) is 5.95. The smallest absolute Gasteiger partial charge is 0.315 e. The van der Waals surface area contributed by atoms with Crippen LogP contribution >= 0.6 is 11.3 Å². The first kappa shape index (κ1) is 18.3. The topological polar surface area (TPSA) is 43.4 Å². The summed E-state index contributed by atoms with van der Waals surface area (Å²) in [6.07, 6.45) is 1.91. The Morgan fingerprint density at radius 1 is 1.19 bits per heavy atom. The fourth-order valence-electron chi connectivity index (χ4n) is 4.48. The fraction of sp³-hybridized carbons (Fsp3) is 0.429. The second kappa shape index (κ2) is 7.52. The number of hydrogen-bond acceptors (Lipinski definition) is 4. The Kier molecular flexibility index (Phi) is 5.10. The number of halogens is 1. The average molecular weight is 388 g/mol. The third-order valence-corrected chi connectivity index (χ3v) is 6.86. The molecule has 0 N–H and O–H groups in total. The molecule has 3 aliphatic rings. The summed E-state index contributed by atoms with van der Waals surface area (Å²) in [5.74, 6) is -0.214. The first-order valence-electron chi connectivity index (χ1n) is 9.38. The van der Waals surface area contributed by atoms with E-state index >= 15 is 0 Å². The van der Waals surface area contributed by atoms with Crippen LogP contribution in [0.2, 0.25) is 0 Å². The molecule has 4 heterocycles. The Morgan fingerprint density at radius 2 is 2.00 bits per heavy atom. The van der Waals surface area contributed by atoms with Gasteiger partial charge in [-0.25, -0.2) is 4.39 Å². The van der Waals surface area contributed by atoms with Gasteiger partial charge in [-0.05, 0) is 35.1 Å². The van der Waals surface area contributed by atoms with Gasteiger partial charge in [0.1, 0.15) is 24.9 Å². The monoisotopic (exact) mass is 388 g/mol. The molecule has 5 rings (SSSR count). The molecule has 3 fully saturated rings. The fourth-order valence-corrected chi connectivity index (χ4v) is 5.14. The maximum Gasteiger partial charge on any atom is 0.315 e. The summed E-state index contributed by atoms with van der Waals surface area (Å²) in [6.45, 7) is 3.13. The van der Waals surface area contributed by atoms with Crippen molar-refractivity contribution in [2.45, 2.75) is 19.4 Å². The lowest BCUT2D eigenvalue weighted by molar-refractivity contribution is -0.938. The zero-order valence-corrected chi connectivity index (χ0v) is 15.9. The van der Waals surface area contributed by atoms with E-state index in [0.29, 0.717) is 29.1 Å². The van der Waals surface area contributed by atoms with Gasteiger partial charge in [0.05, 0.1) is 24.5 Å². The van der Waals surface area contributed by atoms with E-state index in [0.717, 1.165) is 30.8 Å². The normalized spacial score (nSPS) is 26.7. The minimum Gasteiger partial charge on any atom is -0.460 e. The number of carbonyl (C=O) groups excluding carboxylic acids is 2. The quantitative estimate of drug-likeness (QED) is 0.431. The molecule has 0 radical (unpaired) electrons. The van der Waals surface area contributed by atoms with Crippen molar-refractivity contribution in [2.75, 3.05) is 26.2 Å². The number of rotatable bonds is 6. The highest BCUT2D eigenvalue weighted by atomic mass is 32.1. The highest BCUT2D eigenvalue weighted by molar-refractivity contribution is 7.12. The van der Waals surface area contributed by atoms with Crippen LogP contribution < -0.4 is 0 Å². The van der Waals surface area contributed by atoms with Crippen LogP contribution in [0.5, 0.6) is 0 Å². The molecule has 3 saturated heterocycles. The molecule has 1 atom stereocenters. The molecular formula is C21H23FNO3S+. The Hall–Kier alpha value is -2.05. The van der Waals surface area contributed by atoms with Crippen molar-refractivity contribution in [3.63, 3.8) is 0 Å². The molecule has 142 valence electrons. The Balaban J connectivity index is 1.40. The van der Waals surface area contributed by atoms with Gasteiger partial charge < -0.3 is 9.22 Å². The second-order valence-corrected chi connectivity index (χ2v) is 8.66. The van der Waals surface area contributed by atoms with Crippen molar-refractivity contribution in [1.29, 1.82) is 0 Å². The number of esters is 1. The molecule has 1 aromatic heterocycles. The molecule has 1 unspecified atom stereocenters.